The molecule has 3 aliphatic rings. The Labute approximate surface area is 185 Å². The van der Waals surface area contributed by atoms with Crippen LogP contribution >= 0.6 is 0 Å². The Morgan fingerprint density at radius 2 is 1.17 bits per heavy atom. The summed E-state index contributed by atoms with van der Waals surface area (Å²) in [5, 5.41) is 12.3. The SMILES string of the molecule is N#CN1CC[C@@H](NC(=O)C2CCCCC(C3CCCCCCCCC3)CCCC2)C1. The monoisotopic (exact) mass is 415 g/mol. The van der Waals surface area contributed by atoms with E-state index >= 15 is 0 Å². The molecule has 4 heteroatoms. The van der Waals surface area contributed by atoms with E-state index in [4.69, 9.17) is 5.26 Å². The Morgan fingerprint density at radius 1 is 0.700 bits per heavy atom. The van der Waals surface area contributed by atoms with E-state index < -0.39 is 0 Å². The summed E-state index contributed by atoms with van der Waals surface area (Å²) in [5.74, 6) is 2.34. The molecular formula is C26H45N3O. The first-order chi connectivity index (χ1) is 14.8. The van der Waals surface area contributed by atoms with Crippen molar-refractivity contribution in [1.29, 1.82) is 5.26 Å². The number of rotatable bonds is 3. The van der Waals surface area contributed by atoms with Crippen molar-refractivity contribution < 1.29 is 4.79 Å². The highest BCUT2D eigenvalue weighted by molar-refractivity contribution is 5.79. The summed E-state index contributed by atoms with van der Waals surface area (Å²) >= 11 is 0. The molecule has 1 heterocycles. The molecule has 2 saturated carbocycles. The molecule has 0 unspecified atom stereocenters. The van der Waals surface area contributed by atoms with Gasteiger partial charge in [-0.1, -0.05) is 96.3 Å². The third kappa shape index (κ3) is 7.78. The minimum absolute atomic E-state index is 0.171. The van der Waals surface area contributed by atoms with Gasteiger partial charge in [-0.2, -0.15) is 5.26 Å². The van der Waals surface area contributed by atoms with Crippen LogP contribution in [0, 0.1) is 29.2 Å². The van der Waals surface area contributed by atoms with E-state index in [1.165, 1.54) is 96.3 Å². The number of likely N-dealkylation sites (tertiary alicyclic amines) is 1. The van der Waals surface area contributed by atoms with Crippen molar-refractivity contribution in [2.24, 2.45) is 17.8 Å². The molecule has 0 aromatic rings. The fourth-order valence-electron chi connectivity index (χ4n) is 6.22. The van der Waals surface area contributed by atoms with Gasteiger partial charge in [0.05, 0.1) is 0 Å². The van der Waals surface area contributed by atoms with Crippen molar-refractivity contribution in [3.05, 3.63) is 0 Å². The smallest absolute Gasteiger partial charge is 0.223 e. The zero-order valence-electron chi connectivity index (χ0n) is 19.3. The van der Waals surface area contributed by atoms with Gasteiger partial charge in [0.25, 0.3) is 0 Å². The number of hydrogen-bond acceptors (Lipinski definition) is 3. The number of carbonyl (C=O) groups is 1. The molecule has 4 nitrogen and oxygen atoms in total. The first-order valence-electron chi connectivity index (χ1n) is 13.2. The van der Waals surface area contributed by atoms with Gasteiger partial charge in [-0.05, 0) is 31.1 Å². The predicted molar refractivity (Wildman–Crippen MR) is 123 cm³/mol. The van der Waals surface area contributed by atoms with Crippen molar-refractivity contribution in [2.75, 3.05) is 13.1 Å². The van der Waals surface area contributed by atoms with Crippen molar-refractivity contribution in [3.63, 3.8) is 0 Å². The van der Waals surface area contributed by atoms with Crippen LogP contribution < -0.4 is 5.32 Å². The van der Waals surface area contributed by atoms with Crippen molar-refractivity contribution in [2.45, 2.75) is 122 Å². The average molecular weight is 416 g/mol. The van der Waals surface area contributed by atoms with Crippen LogP contribution in [0.4, 0.5) is 0 Å². The van der Waals surface area contributed by atoms with Gasteiger partial charge in [-0.25, -0.2) is 0 Å². The molecule has 0 aromatic carbocycles. The average Bonchev–Trinajstić information content (AvgIpc) is 3.22. The number of amides is 1. The Morgan fingerprint density at radius 3 is 1.67 bits per heavy atom. The van der Waals surface area contributed by atoms with Crippen LogP contribution in [0.3, 0.4) is 0 Å². The largest absolute Gasteiger partial charge is 0.351 e. The number of nitriles is 1. The molecule has 170 valence electrons. The molecule has 1 aliphatic heterocycles. The number of carbonyl (C=O) groups excluding carboxylic acids is 1. The second-order valence-corrected chi connectivity index (χ2v) is 10.4. The molecule has 0 radical (unpaired) electrons. The van der Waals surface area contributed by atoms with Crippen LogP contribution in [0.25, 0.3) is 0 Å². The molecule has 3 rings (SSSR count). The normalized spacial score (nSPS) is 30.9. The Bertz CT molecular complexity index is 521. The zero-order chi connectivity index (χ0) is 21.0. The zero-order valence-corrected chi connectivity index (χ0v) is 19.3. The standard InChI is InChI=1S/C26H45N3O/c27-21-29-19-18-25(20-29)28-26(30)24-16-10-8-14-23(15-9-11-17-24)22-12-6-4-2-1-3-5-7-13-22/h22-25H,1-20H2,(H,28,30)/t23?,24?,25-/m1/s1. The molecule has 0 aromatic heterocycles. The highest BCUT2D eigenvalue weighted by Gasteiger charge is 2.27. The summed E-state index contributed by atoms with van der Waals surface area (Å²) in [6.07, 6.45) is 26.1. The summed E-state index contributed by atoms with van der Waals surface area (Å²) in [4.78, 5) is 14.6. The Balaban J connectivity index is 1.43. The van der Waals surface area contributed by atoms with Crippen LogP contribution in [0.1, 0.15) is 116 Å². The van der Waals surface area contributed by atoms with E-state index in [-0.39, 0.29) is 17.9 Å². The summed E-state index contributed by atoms with van der Waals surface area (Å²) in [5.41, 5.74) is 0. The molecule has 0 bridgehead atoms. The van der Waals surface area contributed by atoms with Gasteiger partial charge in [0.1, 0.15) is 0 Å². The quantitative estimate of drug-likeness (QED) is 0.561. The van der Waals surface area contributed by atoms with Gasteiger partial charge in [0, 0.05) is 25.0 Å². The molecule has 3 fully saturated rings. The van der Waals surface area contributed by atoms with Crippen LogP contribution in [-0.2, 0) is 4.79 Å². The lowest BCUT2D eigenvalue weighted by Gasteiger charge is -2.30. The summed E-state index contributed by atoms with van der Waals surface area (Å²) in [6, 6.07) is 0.171. The van der Waals surface area contributed by atoms with Crippen LogP contribution in [0.5, 0.6) is 0 Å². The van der Waals surface area contributed by atoms with Crippen molar-refractivity contribution in [1.82, 2.24) is 10.2 Å². The minimum atomic E-state index is 0.171. The number of nitrogens with one attached hydrogen (secondary N) is 1. The first kappa shape index (κ1) is 23.4. The molecular weight excluding hydrogens is 370 g/mol. The van der Waals surface area contributed by atoms with E-state index in [1.54, 1.807) is 4.90 Å². The van der Waals surface area contributed by atoms with Crippen LogP contribution in [0.15, 0.2) is 0 Å². The second kappa shape index (κ2) is 13.2. The molecule has 1 atom stereocenters. The predicted octanol–water partition coefficient (Wildman–Crippen LogP) is 6.17. The van der Waals surface area contributed by atoms with Crippen LogP contribution in [0.2, 0.25) is 0 Å². The summed E-state index contributed by atoms with van der Waals surface area (Å²) < 4.78 is 0. The number of nitrogens with zero attached hydrogens (tertiary/aromatic N) is 2. The molecule has 30 heavy (non-hydrogen) atoms. The molecule has 1 amide bonds. The van der Waals surface area contributed by atoms with E-state index in [2.05, 4.69) is 11.5 Å². The topological polar surface area (TPSA) is 56.1 Å². The van der Waals surface area contributed by atoms with Gasteiger partial charge >= 0.3 is 0 Å². The third-order valence-corrected chi connectivity index (χ3v) is 8.12. The van der Waals surface area contributed by atoms with Gasteiger partial charge in [-0.15, -0.1) is 0 Å². The molecule has 1 N–H and O–H groups in total. The lowest BCUT2D eigenvalue weighted by atomic mass is 9.76. The number of hydrogen-bond donors (Lipinski definition) is 1. The van der Waals surface area contributed by atoms with Gasteiger partial charge in [-0.3, -0.25) is 4.79 Å². The fourth-order valence-corrected chi connectivity index (χ4v) is 6.22. The van der Waals surface area contributed by atoms with E-state index in [1.807, 2.05) is 0 Å². The summed E-state index contributed by atoms with van der Waals surface area (Å²) in [7, 11) is 0. The lowest BCUT2D eigenvalue weighted by Crippen LogP contribution is -2.40. The molecule has 1 saturated heterocycles. The second-order valence-electron chi connectivity index (χ2n) is 10.4. The Kier molecular flexibility index (Phi) is 10.3. The van der Waals surface area contributed by atoms with E-state index in [0.29, 0.717) is 6.54 Å². The first-order valence-corrected chi connectivity index (χ1v) is 13.2. The van der Waals surface area contributed by atoms with Crippen molar-refractivity contribution >= 4 is 5.91 Å². The molecule has 2 aliphatic carbocycles. The Hall–Kier alpha value is -1.24. The van der Waals surface area contributed by atoms with Gasteiger partial charge in [0.15, 0.2) is 6.19 Å². The summed E-state index contributed by atoms with van der Waals surface area (Å²) in [6.45, 7) is 1.48. The maximum Gasteiger partial charge on any atom is 0.223 e. The third-order valence-electron chi connectivity index (χ3n) is 8.12. The van der Waals surface area contributed by atoms with Crippen molar-refractivity contribution in [3.8, 4) is 6.19 Å². The van der Waals surface area contributed by atoms with Gasteiger partial charge in [0.2, 0.25) is 5.91 Å². The maximum absolute atomic E-state index is 12.8. The van der Waals surface area contributed by atoms with E-state index in [9.17, 15) is 4.79 Å². The van der Waals surface area contributed by atoms with Crippen LogP contribution in [-0.4, -0.2) is 29.9 Å². The highest BCUT2D eigenvalue weighted by atomic mass is 16.1. The highest BCUT2D eigenvalue weighted by Crippen LogP contribution is 2.35. The van der Waals surface area contributed by atoms with E-state index in [0.717, 1.165) is 37.6 Å². The minimum Gasteiger partial charge on any atom is -0.351 e. The molecule has 0 spiro atoms. The van der Waals surface area contributed by atoms with Gasteiger partial charge < -0.3 is 10.2 Å². The lowest BCUT2D eigenvalue weighted by molar-refractivity contribution is -0.126. The fraction of sp³-hybridized carbons (Fsp3) is 0.923. The maximum atomic E-state index is 12.8.